The number of nitrogens with zero attached hydrogens (tertiary/aromatic N) is 1. The molecule has 2 aromatic rings. The molecule has 2 aromatic carbocycles. The van der Waals surface area contributed by atoms with Gasteiger partial charge in [0.2, 0.25) is 0 Å². The molecule has 38 heavy (non-hydrogen) atoms. The van der Waals surface area contributed by atoms with Crippen LogP contribution in [0.5, 0.6) is 0 Å². The monoisotopic (exact) mass is 525 g/mol. The zero-order chi connectivity index (χ0) is 26.7. The highest BCUT2D eigenvalue weighted by atomic mass is 16.7. The molecule has 2 aliphatic rings. The molecule has 9 nitrogen and oxygen atoms in total. The van der Waals surface area contributed by atoms with Gasteiger partial charge in [-0.1, -0.05) is 55.0 Å². The fourth-order valence-electron chi connectivity index (χ4n) is 4.86. The first-order valence-electron chi connectivity index (χ1n) is 13.5. The summed E-state index contributed by atoms with van der Waals surface area (Å²) >= 11 is 0. The number of carbonyl (C=O) groups excluding carboxylic acids is 2. The van der Waals surface area contributed by atoms with Gasteiger partial charge in [0.1, 0.15) is 6.54 Å². The van der Waals surface area contributed by atoms with Crippen LogP contribution in [0.4, 0.5) is 4.79 Å². The number of aliphatic hydroxyl groups excluding tert-OH is 1. The highest BCUT2D eigenvalue weighted by molar-refractivity contribution is 5.80. The zero-order valence-electron chi connectivity index (χ0n) is 22.1. The summed E-state index contributed by atoms with van der Waals surface area (Å²) in [6.07, 6.45) is 3.95. The van der Waals surface area contributed by atoms with Crippen LogP contribution in [0.1, 0.15) is 67.3 Å². The summed E-state index contributed by atoms with van der Waals surface area (Å²) in [5.74, 6) is -0.472. The number of esters is 1. The number of rotatable bonds is 10. The quantitative estimate of drug-likeness (QED) is 0.407. The van der Waals surface area contributed by atoms with Gasteiger partial charge in [-0.2, -0.15) is 0 Å². The molecule has 2 heterocycles. The first kappa shape index (κ1) is 28.0. The molecule has 9 heteroatoms. The standard InChI is InChI=1S/C29H39N3O6/c1-2-36-27(34)18-31-29(35)30-17-21-6-12-24(13-7-21)28-37-25(19-32-14-4-3-5-15-32)16-26(38-28)23-10-8-22(20-33)9-11-23/h6-13,25-26,28,33H,2-5,14-20H2,1H3,(H2,30,31,35)/t25-,26+,28+/m0/s1. The van der Waals surface area contributed by atoms with E-state index in [0.717, 1.165) is 48.3 Å². The Bertz CT molecular complexity index is 1020. The summed E-state index contributed by atoms with van der Waals surface area (Å²) in [7, 11) is 0. The van der Waals surface area contributed by atoms with Crippen molar-refractivity contribution in [2.45, 2.75) is 64.3 Å². The third kappa shape index (κ3) is 8.26. The molecule has 2 aliphatic heterocycles. The van der Waals surface area contributed by atoms with E-state index in [1.54, 1.807) is 6.92 Å². The molecule has 0 spiro atoms. The van der Waals surface area contributed by atoms with Gasteiger partial charge in [0.05, 0.1) is 25.4 Å². The van der Waals surface area contributed by atoms with E-state index in [1.807, 2.05) is 48.5 Å². The summed E-state index contributed by atoms with van der Waals surface area (Å²) < 4.78 is 17.7. The summed E-state index contributed by atoms with van der Waals surface area (Å²) in [6, 6.07) is 15.3. The predicted molar refractivity (Wildman–Crippen MR) is 142 cm³/mol. The molecule has 0 bridgehead atoms. The van der Waals surface area contributed by atoms with Crippen LogP contribution in [0, 0.1) is 0 Å². The van der Waals surface area contributed by atoms with Gasteiger partial charge in [0.15, 0.2) is 6.29 Å². The van der Waals surface area contributed by atoms with Crippen LogP contribution < -0.4 is 10.6 Å². The maximum absolute atomic E-state index is 12.0. The summed E-state index contributed by atoms with van der Waals surface area (Å²) in [6.45, 7) is 5.26. The number of urea groups is 1. The summed E-state index contributed by atoms with van der Waals surface area (Å²) in [5.41, 5.74) is 3.78. The molecular weight excluding hydrogens is 486 g/mol. The minimum atomic E-state index is -0.504. The van der Waals surface area contributed by atoms with Gasteiger partial charge >= 0.3 is 12.0 Å². The fourth-order valence-corrected chi connectivity index (χ4v) is 4.86. The van der Waals surface area contributed by atoms with Gasteiger partial charge in [-0.25, -0.2) is 4.79 Å². The number of likely N-dealkylation sites (tertiary alicyclic amines) is 1. The van der Waals surface area contributed by atoms with E-state index in [-0.39, 0.29) is 32.0 Å². The Labute approximate surface area is 224 Å². The first-order chi connectivity index (χ1) is 18.5. The van der Waals surface area contributed by atoms with Crippen molar-refractivity contribution in [2.75, 3.05) is 32.8 Å². The lowest BCUT2D eigenvalue weighted by Gasteiger charge is -2.39. The molecule has 0 aliphatic carbocycles. The smallest absolute Gasteiger partial charge is 0.325 e. The molecule has 206 valence electrons. The van der Waals surface area contributed by atoms with Crippen molar-refractivity contribution in [2.24, 2.45) is 0 Å². The largest absolute Gasteiger partial charge is 0.465 e. The van der Waals surface area contributed by atoms with Crippen molar-refractivity contribution in [3.8, 4) is 0 Å². The summed E-state index contributed by atoms with van der Waals surface area (Å²) in [5, 5.41) is 14.6. The van der Waals surface area contributed by atoms with Gasteiger partial charge in [0.25, 0.3) is 0 Å². The minimum absolute atomic E-state index is 0.0172. The Morgan fingerprint density at radius 3 is 2.32 bits per heavy atom. The molecule has 3 atom stereocenters. The molecule has 2 saturated heterocycles. The molecule has 0 unspecified atom stereocenters. The highest BCUT2D eigenvalue weighted by Gasteiger charge is 2.33. The molecule has 0 radical (unpaired) electrons. The van der Waals surface area contributed by atoms with Crippen molar-refractivity contribution in [1.29, 1.82) is 0 Å². The normalized spacial score (nSPS) is 22.0. The molecule has 2 fully saturated rings. The Morgan fingerprint density at radius 2 is 1.63 bits per heavy atom. The van der Waals surface area contributed by atoms with Crippen LogP contribution in [0.2, 0.25) is 0 Å². The number of benzene rings is 2. The average molecular weight is 526 g/mol. The van der Waals surface area contributed by atoms with Gasteiger partial charge in [-0.05, 0) is 49.5 Å². The van der Waals surface area contributed by atoms with Crippen molar-refractivity contribution in [1.82, 2.24) is 15.5 Å². The molecule has 0 aromatic heterocycles. The van der Waals surface area contributed by atoms with E-state index in [9.17, 15) is 14.7 Å². The lowest BCUT2D eigenvalue weighted by Crippen LogP contribution is -2.41. The van der Waals surface area contributed by atoms with Crippen LogP contribution in [-0.2, 0) is 32.2 Å². The third-order valence-corrected chi connectivity index (χ3v) is 6.93. The second kappa shape index (κ2) is 14.2. The SMILES string of the molecule is CCOC(=O)CNC(=O)NCc1ccc([C@@H]2O[C@H](CN3CCCCC3)C[C@H](c3ccc(CO)cc3)O2)cc1. The molecule has 3 N–H and O–H groups in total. The Balaban J connectivity index is 1.38. The lowest BCUT2D eigenvalue weighted by atomic mass is 9.99. The molecule has 2 amide bonds. The number of piperidine rings is 1. The molecular formula is C29H39N3O6. The van der Waals surface area contributed by atoms with Crippen LogP contribution in [0.25, 0.3) is 0 Å². The second-order valence-electron chi connectivity index (χ2n) is 9.79. The minimum Gasteiger partial charge on any atom is -0.465 e. The van der Waals surface area contributed by atoms with E-state index >= 15 is 0 Å². The predicted octanol–water partition coefficient (Wildman–Crippen LogP) is 3.57. The first-order valence-corrected chi connectivity index (χ1v) is 13.5. The van der Waals surface area contributed by atoms with E-state index in [0.29, 0.717) is 6.54 Å². The molecule has 0 saturated carbocycles. The van der Waals surface area contributed by atoms with Crippen LogP contribution >= 0.6 is 0 Å². The number of hydrogen-bond donors (Lipinski definition) is 3. The van der Waals surface area contributed by atoms with Crippen molar-refractivity contribution < 1.29 is 28.9 Å². The average Bonchev–Trinajstić information content (AvgIpc) is 2.96. The van der Waals surface area contributed by atoms with E-state index < -0.39 is 18.3 Å². The van der Waals surface area contributed by atoms with Crippen molar-refractivity contribution in [3.63, 3.8) is 0 Å². The number of aliphatic hydroxyl groups is 1. The van der Waals surface area contributed by atoms with Crippen molar-refractivity contribution >= 4 is 12.0 Å². The topological polar surface area (TPSA) is 109 Å². The van der Waals surface area contributed by atoms with Crippen LogP contribution in [0.15, 0.2) is 48.5 Å². The Morgan fingerprint density at radius 1 is 0.947 bits per heavy atom. The maximum Gasteiger partial charge on any atom is 0.325 e. The fraction of sp³-hybridized carbons (Fsp3) is 0.517. The second-order valence-corrected chi connectivity index (χ2v) is 9.79. The Kier molecular flexibility index (Phi) is 10.5. The van der Waals surface area contributed by atoms with Gasteiger partial charge in [0, 0.05) is 25.1 Å². The lowest BCUT2D eigenvalue weighted by molar-refractivity contribution is -0.253. The van der Waals surface area contributed by atoms with Gasteiger partial charge in [-0.3, -0.25) is 4.79 Å². The van der Waals surface area contributed by atoms with E-state index in [1.165, 1.54) is 19.3 Å². The highest BCUT2D eigenvalue weighted by Crippen LogP contribution is 2.38. The van der Waals surface area contributed by atoms with E-state index in [4.69, 9.17) is 14.2 Å². The van der Waals surface area contributed by atoms with Gasteiger partial charge < -0.3 is 34.9 Å². The van der Waals surface area contributed by atoms with Crippen LogP contribution in [0.3, 0.4) is 0 Å². The number of ether oxygens (including phenoxy) is 3. The number of carbonyl (C=O) groups is 2. The zero-order valence-corrected chi connectivity index (χ0v) is 22.1. The summed E-state index contributed by atoms with van der Waals surface area (Å²) in [4.78, 5) is 25.8. The maximum atomic E-state index is 12.0. The van der Waals surface area contributed by atoms with E-state index in [2.05, 4.69) is 15.5 Å². The number of nitrogens with one attached hydrogen (secondary N) is 2. The van der Waals surface area contributed by atoms with Crippen LogP contribution in [-0.4, -0.2) is 60.9 Å². The van der Waals surface area contributed by atoms with Gasteiger partial charge in [-0.15, -0.1) is 0 Å². The number of amides is 2. The Hall–Kier alpha value is -2.98. The van der Waals surface area contributed by atoms with Crippen molar-refractivity contribution in [3.05, 3.63) is 70.8 Å². The molecule has 4 rings (SSSR count). The third-order valence-electron chi connectivity index (χ3n) is 6.93. The number of hydrogen-bond acceptors (Lipinski definition) is 7.